The fourth-order valence-corrected chi connectivity index (χ4v) is 2.69. The maximum Gasteiger partial charge on any atom is 0.0557 e. The lowest BCUT2D eigenvalue weighted by Crippen LogP contribution is -2.30. The van der Waals surface area contributed by atoms with E-state index in [4.69, 9.17) is 4.74 Å². The lowest BCUT2D eigenvalue weighted by atomic mass is 9.94. The Balaban J connectivity index is 2.16. The zero-order valence-electron chi connectivity index (χ0n) is 11.0. The Morgan fingerprint density at radius 1 is 1.59 bits per heavy atom. The molecule has 0 aliphatic carbocycles. The van der Waals surface area contributed by atoms with Crippen molar-refractivity contribution >= 4 is 0 Å². The zero-order valence-corrected chi connectivity index (χ0v) is 11.0. The molecule has 0 saturated carbocycles. The van der Waals surface area contributed by atoms with Crippen LogP contribution in [0.1, 0.15) is 38.9 Å². The Labute approximate surface area is 103 Å². The van der Waals surface area contributed by atoms with Gasteiger partial charge in [0.1, 0.15) is 0 Å². The summed E-state index contributed by atoms with van der Waals surface area (Å²) in [6, 6.07) is 2.49. The van der Waals surface area contributed by atoms with Gasteiger partial charge in [-0.05, 0) is 32.9 Å². The number of hydrogen-bond acceptors (Lipinski definition) is 3. The summed E-state index contributed by atoms with van der Waals surface area (Å²) in [6.07, 6.45) is 3.41. The van der Waals surface area contributed by atoms with E-state index in [1.165, 1.54) is 5.69 Å². The smallest absolute Gasteiger partial charge is 0.0557 e. The first-order chi connectivity index (χ1) is 8.26. The summed E-state index contributed by atoms with van der Waals surface area (Å²) in [4.78, 5) is 0. The second kappa shape index (κ2) is 5.65. The molecule has 1 aromatic rings. The second-order valence-corrected chi connectivity index (χ2v) is 4.75. The van der Waals surface area contributed by atoms with E-state index in [-0.39, 0.29) is 0 Å². The van der Waals surface area contributed by atoms with E-state index in [9.17, 15) is 0 Å². The number of aromatic nitrogens is 2. The first kappa shape index (κ1) is 12.6. The van der Waals surface area contributed by atoms with E-state index in [2.05, 4.69) is 41.9 Å². The minimum Gasteiger partial charge on any atom is -0.378 e. The highest BCUT2D eigenvalue weighted by atomic mass is 16.5. The molecule has 0 spiro atoms. The van der Waals surface area contributed by atoms with Gasteiger partial charge in [-0.15, -0.1) is 0 Å². The van der Waals surface area contributed by atoms with Crippen molar-refractivity contribution in [3.05, 3.63) is 18.0 Å². The van der Waals surface area contributed by atoms with E-state index in [1.54, 1.807) is 0 Å². The van der Waals surface area contributed by atoms with Crippen LogP contribution in [0.25, 0.3) is 0 Å². The van der Waals surface area contributed by atoms with Gasteiger partial charge < -0.3 is 10.1 Å². The van der Waals surface area contributed by atoms with Crippen LogP contribution in [-0.2, 0) is 11.3 Å². The molecule has 4 nitrogen and oxygen atoms in total. The predicted octanol–water partition coefficient (Wildman–Crippen LogP) is 1.98. The van der Waals surface area contributed by atoms with Crippen LogP contribution in [0.15, 0.2) is 12.3 Å². The largest absolute Gasteiger partial charge is 0.378 e. The number of hydrogen-bond donors (Lipinski definition) is 1. The van der Waals surface area contributed by atoms with Gasteiger partial charge in [0, 0.05) is 18.7 Å². The fraction of sp³-hybridized carbons (Fsp3) is 0.769. The van der Waals surface area contributed by atoms with Crippen LogP contribution in [-0.4, -0.2) is 29.0 Å². The summed E-state index contributed by atoms with van der Waals surface area (Å²) in [5.74, 6) is 0.562. The SMILES string of the molecule is CCNC(c1ccnn1CC)C1COC(C)C1. The molecule has 96 valence electrons. The zero-order chi connectivity index (χ0) is 12.3. The molecule has 2 heterocycles. The third-order valence-corrected chi connectivity index (χ3v) is 3.49. The van der Waals surface area contributed by atoms with Gasteiger partial charge in [-0.1, -0.05) is 6.92 Å². The van der Waals surface area contributed by atoms with Gasteiger partial charge in [0.25, 0.3) is 0 Å². The lowest BCUT2D eigenvalue weighted by Gasteiger charge is -2.24. The van der Waals surface area contributed by atoms with Gasteiger partial charge in [0.15, 0.2) is 0 Å². The minimum atomic E-state index is 0.368. The molecule has 0 bridgehead atoms. The Morgan fingerprint density at radius 2 is 2.41 bits per heavy atom. The van der Waals surface area contributed by atoms with Crippen LogP contribution >= 0.6 is 0 Å². The maximum absolute atomic E-state index is 5.69. The molecule has 2 rings (SSSR count). The molecule has 0 radical (unpaired) electrons. The molecule has 4 heteroatoms. The van der Waals surface area contributed by atoms with Crippen molar-refractivity contribution < 1.29 is 4.74 Å². The summed E-state index contributed by atoms with van der Waals surface area (Å²) >= 11 is 0. The first-order valence-electron chi connectivity index (χ1n) is 6.62. The molecule has 0 amide bonds. The molecule has 3 atom stereocenters. The van der Waals surface area contributed by atoms with Crippen molar-refractivity contribution in [2.75, 3.05) is 13.2 Å². The molecular formula is C13H23N3O. The van der Waals surface area contributed by atoms with Crippen LogP contribution in [0.2, 0.25) is 0 Å². The molecular weight excluding hydrogens is 214 g/mol. The van der Waals surface area contributed by atoms with Crippen LogP contribution in [0.5, 0.6) is 0 Å². The first-order valence-corrected chi connectivity index (χ1v) is 6.62. The van der Waals surface area contributed by atoms with E-state index >= 15 is 0 Å². The van der Waals surface area contributed by atoms with Gasteiger partial charge in [-0.2, -0.15) is 5.10 Å². The summed E-state index contributed by atoms with van der Waals surface area (Å²) < 4.78 is 7.77. The standard InChI is InChI=1S/C13H23N3O/c1-4-14-13(11-8-10(3)17-9-11)12-6-7-15-16(12)5-2/h6-7,10-11,13-14H,4-5,8-9H2,1-3H3. The maximum atomic E-state index is 5.69. The minimum absolute atomic E-state index is 0.368. The van der Waals surface area contributed by atoms with E-state index < -0.39 is 0 Å². The Bertz CT molecular complexity index is 350. The second-order valence-electron chi connectivity index (χ2n) is 4.75. The van der Waals surface area contributed by atoms with E-state index in [0.717, 1.165) is 26.1 Å². The molecule has 17 heavy (non-hydrogen) atoms. The predicted molar refractivity (Wildman–Crippen MR) is 67.8 cm³/mol. The summed E-state index contributed by atoms with van der Waals surface area (Å²) in [7, 11) is 0. The van der Waals surface area contributed by atoms with Crippen molar-refractivity contribution in [2.45, 2.75) is 45.9 Å². The van der Waals surface area contributed by atoms with Crippen molar-refractivity contribution in [2.24, 2.45) is 5.92 Å². The molecule has 1 aliphatic heterocycles. The number of aryl methyl sites for hydroxylation is 1. The normalized spacial score (nSPS) is 26.3. The average Bonchev–Trinajstić information content (AvgIpc) is 2.94. The summed E-state index contributed by atoms with van der Waals surface area (Å²) in [6.45, 7) is 9.19. The molecule has 1 aromatic heterocycles. The molecule has 1 aliphatic rings. The third kappa shape index (κ3) is 2.69. The third-order valence-electron chi connectivity index (χ3n) is 3.49. The number of ether oxygens (including phenoxy) is 1. The van der Waals surface area contributed by atoms with Crippen molar-refractivity contribution in [1.29, 1.82) is 0 Å². The average molecular weight is 237 g/mol. The van der Waals surface area contributed by atoms with Gasteiger partial charge in [0.2, 0.25) is 0 Å². The van der Waals surface area contributed by atoms with E-state index in [0.29, 0.717) is 18.1 Å². The fourth-order valence-electron chi connectivity index (χ4n) is 2.69. The molecule has 0 aromatic carbocycles. The van der Waals surface area contributed by atoms with Crippen molar-refractivity contribution in [3.8, 4) is 0 Å². The molecule has 3 unspecified atom stereocenters. The van der Waals surface area contributed by atoms with Gasteiger partial charge >= 0.3 is 0 Å². The number of nitrogens with zero attached hydrogens (tertiary/aromatic N) is 2. The highest BCUT2D eigenvalue weighted by molar-refractivity contribution is 5.09. The molecule has 1 saturated heterocycles. The van der Waals surface area contributed by atoms with Crippen LogP contribution in [0.3, 0.4) is 0 Å². The topological polar surface area (TPSA) is 39.1 Å². The lowest BCUT2D eigenvalue weighted by molar-refractivity contribution is 0.116. The Kier molecular flexibility index (Phi) is 4.18. The number of rotatable bonds is 5. The van der Waals surface area contributed by atoms with Crippen LogP contribution in [0, 0.1) is 5.92 Å². The Morgan fingerprint density at radius 3 is 3.00 bits per heavy atom. The van der Waals surface area contributed by atoms with Crippen molar-refractivity contribution in [3.63, 3.8) is 0 Å². The molecule has 1 fully saturated rings. The number of nitrogens with one attached hydrogen (secondary N) is 1. The molecule has 1 N–H and O–H groups in total. The van der Waals surface area contributed by atoms with Crippen molar-refractivity contribution in [1.82, 2.24) is 15.1 Å². The highest BCUT2D eigenvalue weighted by Gasteiger charge is 2.31. The summed E-state index contributed by atoms with van der Waals surface area (Å²) in [5.41, 5.74) is 1.29. The quantitative estimate of drug-likeness (QED) is 0.851. The van der Waals surface area contributed by atoms with Crippen LogP contribution < -0.4 is 5.32 Å². The van der Waals surface area contributed by atoms with Gasteiger partial charge in [-0.3, -0.25) is 4.68 Å². The highest BCUT2D eigenvalue weighted by Crippen LogP contribution is 2.31. The van der Waals surface area contributed by atoms with Gasteiger partial charge in [0.05, 0.1) is 24.4 Å². The van der Waals surface area contributed by atoms with Crippen LogP contribution in [0.4, 0.5) is 0 Å². The Hall–Kier alpha value is -0.870. The van der Waals surface area contributed by atoms with Gasteiger partial charge in [-0.25, -0.2) is 0 Å². The summed E-state index contributed by atoms with van der Waals surface area (Å²) in [5, 5.41) is 7.95. The monoisotopic (exact) mass is 237 g/mol. The van der Waals surface area contributed by atoms with E-state index in [1.807, 2.05) is 6.20 Å².